The summed E-state index contributed by atoms with van der Waals surface area (Å²) in [5, 5.41) is 8.52. The highest BCUT2D eigenvalue weighted by Gasteiger charge is 2.12. The van der Waals surface area contributed by atoms with Gasteiger partial charge in [0.1, 0.15) is 0 Å². The highest BCUT2D eigenvalue weighted by atomic mass is 16.5. The molecule has 0 bridgehead atoms. The molecule has 29 heavy (non-hydrogen) atoms. The van der Waals surface area contributed by atoms with Gasteiger partial charge in [-0.3, -0.25) is 9.58 Å². The van der Waals surface area contributed by atoms with Crippen LogP contribution in [0.1, 0.15) is 17.5 Å². The second-order valence-corrected chi connectivity index (χ2v) is 7.54. The number of hydrogen-bond acceptors (Lipinski definition) is 4. The molecule has 1 saturated heterocycles. The van der Waals surface area contributed by atoms with Crippen molar-refractivity contribution in [3.05, 3.63) is 78.0 Å². The number of morpholine rings is 1. The van der Waals surface area contributed by atoms with Crippen molar-refractivity contribution in [2.24, 2.45) is 0 Å². The number of nitrogens with zero attached hydrogens (tertiary/aromatic N) is 3. The first-order chi connectivity index (χ1) is 14.4. The van der Waals surface area contributed by atoms with Crippen LogP contribution in [0.5, 0.6) is 0 Å². The van der Waals surface area contributed by atoms with Gasteiger partial charge in [0, 0.05) is 37.0 Å². The number of aromatic nitrogens is 2. The van der Waals surface area contributed by atoms with E-state index in [0.29, 0.717) is 0 Å². The zero-order chi connectivity index (χ0) is 19.7. The van der Waals surface area contributed by atoms with E-state index in [2.05, 4.69) is 69.6 Å². The summed E-state index contributed by atoms with van der Waals surface area (Å²) in [5.74, 6) is 0. The van der Waals surface area contributed by atoms with Crippen LogP contribution in [0.4, 0.5) is 0 Å². The van der Waals surface area contributed by atoms with Crippen LogP contribution in [0.2, 0.25) is 0 Å². The summed E-state index contributed by atoms with van der Waals surface area (Å²) in [7, 11) is 0. The van der Waals surface area contributed by atoms with Gasteiger partial charge >= 0.3 is 0 Å². The van der Waals surface area contributed by atoms with Gasteiger partial charge in [0.25, 0.3) is 0 Å². The van der Waals surface area contributed by atoms with E-state index < -0.39 is 0 Å². The van der Waals surface area contributed by atoms with E-state index in [4.69, 9.17) is 9.84 Å². The molecule has 0 spiro atoms. The third kappa shape index (κ3) is 5.76. The van der Waals surface area contributed by atoms with Crippen molar-refractivity contribution in [3.8, 4) is 11.3 Å². The van der Waals surface area contributed by atoms with Crippen LogP contribution in [0.15, 0.2) is 66.9 Å². The summed E-state index contributed by atoms with van der Waals surface area (Å²) < 4.78 is 7.48. The van der Waals surface area contributed by atoms with Gasteiger partial charge in [0.05, 0.1) is 25.5 Å². The molecule has 5 nitrogen and oxygen atoms in total. The zero-order valence-corrected chi connectivity index (χ0v) is 17.0. The van der Waals surface area contributed by atoms with Crippen LogP contribution >= 0.6 is 0 Å². The molecule has 1 aliphatic rings. The van der Waals surface area contributed by atoms with E-state index in [1.54, 1.807) is 0 Å². The van der Waals surface area contributed by atoms with E-state index in [1.807, 2.05) is 12.1 Å². The number of nitrogens with one attached hydrogen (secondary N) is 1. The standard InChI is InChI=1S/C24H30N4O/c1-3-8-21(9-4-1)19-28-20-23(24(26-28)22-10-5-2-6-11-22)18-25-12-7-13-27-14-16-29-17-15-27/h1-6,8-11,20,25H,7,12-19H2. The Labute approximate surface area is 173 Å². The fraction of sp³-hybridized carbons (Fsp3) is 0.375. The fourth-order valence-electron chi connectivity index (χ4n) is 3.76. The lowest BCUT2D eigenvalue weighted by Gasteiger charge is -2.26. The molecule has 3 aromatic rings. The maximum atomic E-state index is 5.42. The van der Waals surface area contributed by atoms with Gasteiger partial charge in [-0.25, -0.2) is 0 Å². The SMILES string of the molecule is c1ccc(Cn2cc(CNCCCN3CCOCC3)c(-c3ccccc3)n2)cc1. The van der Waals surface area contributed by atoms with Gasteiger partial charge in [-0.05, 0) is 25.1 Å². The fourth-order valence-corrected chi connectivity index (χ4v) is 3.76. The molecule has 5 heteroatoms. The predicted molar refractivity (Wildman–Crippen MR) is 117 cm³/mol. The third-order valence-electron chi connectivity index (χ3n) is 5.32. The normalized spacial score (nSPS) is 14.9. The van der Waals surface area contributed by atoms with Crippen molar-refractivity contribution >= 4 is 0 Å². The van der Waals surface area contributed by atoms with Gasteiger partial charge in [-0.2, -0.15) is 5.10 Å². The zero-order valence-electron chi connectivity index (χ0n) is 17.0. The summed E-state index contributed by atoms with van der Waals surface area (Å²) in [6.45, 7) is 7.63. The highest BCUT2D eigenvalue weighted by molar-refractivity contribution is 5.62. The van der Waals surface area contributed by atoms with Crippen LogP contribution in [-0.2, 0) is 17.8 Å². The Bertz CT molecular complexity index is 857. The molecule has 1 fully saturated rings. The van der Waals surface area contributed by atoms with Gasteiger partial charge < -0.3 is 10.1 Å². The van der Waals surface area contributed by atoms with Gasteiger partial charge in [-0.15, -0.1) is 0 Å². The molecule has 1 aromatic heterocycles. The van der Waals surface area contributed by atoms with Crippen LogP contribution in [-0.4, -0.2) is 54.1 Å². The average Bonchev–Trinajstić information content (AvgIpc) is 3.18. The van der Waals surface area contributed by atoms with Crippen molar-refractivity contribution in [2.75, 3.05) is 39.4 Å². The van der Waals surface area contributed by atoms with Crippen molar-refractivity contribution in [2.45, 2.75) is 19.5 Å². The minimum absolute atomic E-state index is 0.789. The quantitative estimate of drug-likeness (QED) is 0.569. The molecule has 0 unspecified atom stereocenters. The molecule has 152 valence electrons. The Hall–Kier alpha value is -2.47. The molecule has 0 amide bonds. The Morgan fingerprint density at radius 2 is 1.66 bits per heavy atom. The molecular weight excluding hydrogens is 360 g/mol. The van der Waals surface area contributed by atoms with Crippen LogP contribution in [0.25, 0.3) is 11.3 Å². The summed E-state index contributed by atoms with van der Waals surface area (Å²) >= 11 is 0. The van der Waals surface area contributed by atoms with Gasteiger partial charge in [0.2, 0.25) is 0 Å². The van der Waals surface area contributed by atoms with E-state index in [-0.39, 0.29) is 0 Å². The molecule has 4 rings (SSSR count). The maximum absolute atomic E-state index is 5.42. The largest absolute Gasteiger partial charge is 0.379 e. The first-order valence-electron chi connectivity index (χ1n) is 10.5. The molecule has 0 saturated carbocycles. The molecule has 0 aliphatic carbocycles. The van der Waals surface area contributed by atoms with Crippen molar-refractivity contribution in [1.29, 1.82) is 0 Å². The predicted octanol–water partition coefficient (Wildman–Crippen LogP) is 3.41. The third-order valence-corrected chi connectivity index (χ3v) is 5.32. The molecule has 0 radical (unpaired) electrons. The van der Waals surface area contributed by atoms with E-state index >= 15 is 0 Å². The molecule has 1 N–H and O–H groups in total. The Morgan fingerprint density at radius 1 is 0.931 bits per heavy atom. The van der Waals surface area contributed by atoms with E-state index in [9.17, 15) is 0 Å². The lowest BCUT2D eigenvalue weighted by atomic mass is 10.1. The van der Waals surface area contributed by atoms with Crippen molar-refractivity contribution in [3.63, 3.8) is 0 Å². The first kappa shape index (κ1) is 19.8. The molecule has 2 aromatic carbocycles. The van der Waals surface area contributed by atoms with Gasteiger partial charge in [-0.1, -0.05) is 60.7 Å². The minimum Gasteiger partial charge on any atom is -0.379 e. The number of rotatable bonds is 9. The van der Waals surface area contributed by atoms with Crippen LogP contribution in [0.3, 0.4) is 0 Å². The number of hydrogen-bond donors (Lipinski definition) is 1. The summed E-state index contributed by atoms with van der Waals surface area (Å²) in [6.07, 6.45) is 3.34. The minimum atomic E-state index is 0.789. The lowest BCUT2D eigenvalue weighted by Crippen LogP contribution is -2.37. The summed E-state index contributed by atoms with van der Waals surface area (Å²) in [5.41, 5.74) is 4.75. The Morgan fingerprint density at radius 3 is 2.41 bits per heavy atom. The number of benzene rings is 2. The Balaban J connectivity index is 1.37. The molecule has 2 heterocycles. The van der Waals surface area contributed by atoms with Crippen molar-refractivity contribution < 1.29 is 4.74 Å². The smallest absolute Gasteiger partial charge is 0.0968 e. The molecule has 1 aliphatic heterocycles. The van der Waals surface area contributed by atoms with E-state index in [0.717, 1.165) is 64.6 Å². The maximum Gasteiger partial charge on any atom is 0.0968 e. The second kappa shape index (κ2) is 10.3. The second-order valence-electron chi connectivity index (χ2n) is 7.54. The lowest BCUT2D eigenvalue weighted by molar-refractivity contribution is 0.0374. The topological polar surface area (TPSA) is 42.3 Å². The molecule has 0 atom stereocenters. The summed E-state index contributed by atoms with van der Waals surface area (Å²) in [4.78, 5) is 2.48. The first-order valence-corrected chi connectivity index (χ1v) is 10.5. The average molecular weight is 391 g/mol. The van der Waals surface area contributed by atoms with Gasteiger partial charge in [0.15, 0.2) is 0 Å². The Kier molecular flexibility index (Phi) is 7.08. The highest BCUT2D eigenvalue weighted by Crippen LogP contribution is 2.22. The van der Waals surface area contributed by atoms with Crippen LogP contribution < -0.4 is 5.32 Å². The number of ether oxygens (including phenoxy) is 1. The monoisotopic (exact) mass is 390 g/mol. The summed E-state index contributed by atoms with van der Waals surface area (Å²) in [6, 6.07) is 21.0. The van der Waals surface area contributed by atoms with Crippen LogP contribution in [0, 0.1) is 0 Å². The van der Waals surface area contributed by atoms with Crippen molar-refractivity contribution in [1.82, 2.24) is 20.0 Å². The van der Waals surface area contributed by atoms with E-state index in [1.165, 1.54) is 16.7 Å². The molecular formula is C24H30N4O.